The Labute approximate surface area is 160 Å². The van der Waals surface area contributed by atoms with Gasteiger partial charge in [0.15, 0.2) is 0 Å². The lowest BCUT2D eigenvalue weighted by atomic mass is 9.84. The lowest BCUT2D eigenvalue weighted by Gasteiger charge is -2.17. The van der Waals surface area contributed by atoms with E-state index in [1.807, 2.05) is 45.0 Å². The molecule has 1 saturated heterocycles. The first-order valence-electron chi connectivity index (χ1n) is 9.28. The Morgan fingerprint density at radius 1 is 1.11 bits per heavy atom. The van der Waals surface area contributed by atoms with Crippen molar-refractivity contribution >= 4 is 5.97 Å². The van der Waals surface area contributed by atoms with E-state index in [4.69, 9.17) is 4.74 Å². The average Bonchev–Trinajstić information content (AvgIpc) is 2.89. The Hall–Kier alpha value is -2.75. The van der Waals surface area contributed by atoms with Crippen LogP contribution in [-0.4, -0.2) is 22.3 Å². The van der Waals surface area contributed by atoms with Gasteiger partial charge < -0.3 is 14.9 Å². The predicted octanol–water partition coefficient (Wildman–Crippen LogP) is 4.49. The van der Waals surface area contributed by atoms with Crippen molar-refractivity contribution in [3.05, 3.63) is 70.8 Å². The fourth-order valence-electron chi connectivity index (χ4n) is 3.55. The quantitative estimate of drug-likeness (QED) is 0.604. The molecule has 142 valence electrons. The summed E-state index contributed by atoms with van der Waals surface area (Å²) in [4.78, 5) is 12.5. The minimum Gasteiger partial charge on any atom is -0.508 e. The number of benzene rings is 2. The molecule has 1 heterocycles. The molecule has 0 unspecified atom stereocenters. The Morgan fingerprint density at radius 3 is 2.44 bits per heavy atom. The van der Waals surface area contributed by atoms with Crippen molar-refractivity contribution in [2.75, 3.05) is 0 Å². The van der Waals surface area contributed by atoms with E-state index in [9.17, 15) is 15.0 Å². The molecule has 0 radical (unpaired) electrons. The standard InChI is InChI=1S/C23H26O4/c1-14(2)4-7-17-8-9-18(13-20(17)25)22-15(3)21(27-23(22)26)12-16-5-10-19(24)11-6-16/h4-6,8-11,13,15,21-22,24-25H,7,12H2,1-3H3/t15-,21+,22+/m1/s1. The number of phenols is 2. The fourth-order valence-corrected chi connectivity index (χ4v) is 3.55. The van der Waals surface area contributed by atoms with E-state index >= 15 is 0 Å². The maximum absolute atomic E-state index is 12.5. The number of rotatable bonds is 5. The summed E-state index contributed by atoms with van der Waals surface area (Å²) in [6, 6.07) is 12.4. The van der Waals surface area contributed by atoms with Crippen LogP contribution in [0.5, 0.6) is 11.5 Å². The van der Waals surface area contributed by atoms with Gasteiger partial charge in [0.1, 0.15) is 17.6 Å². The second kappa shape index (κ2) is 7.87. The molecular weight excluding hydrogens is 340 g/mol. The van der Waals surface area contributed by atoms with Crippen LogP contribution in [0.3, 0.4) is 0 Å². The Kier molecular flexibility index (Phi) is 5.54. The monoisotopic (exact) mass is 366 g/mol. The minimum absolute atomic E-state index is 0.00525. The molecule has 0 saturated carbocycles. The molecule has 0 spiro atoms. The van der Waals surface area contributed by atoms with Gasteiger partial charge in [0.2, 0.25) is 0 Å². The molecule has 0 aromatic heterocycles. The molecule has 1 fully saturated rings. The van der Waals surface area contributed by atoms with Crippen molar-refractivity contribution in [1.82, 2.24) is 0 Å². The summed E-state index contributed by atoms with van der Waals surface area (Å²) in [5.41, 5.74) is 3.85. The van der Waals surface area contributed by atoms with Gasteiger partial charge in [0.25, 0.3) is 0 Å². The molecule has 2 aromatic carbocycles. The van der Waals surface area contributed by atoms with Crippen LogP contribution in [-0.2, 0) is 22.4 Å². The van der Waals surface area contributed by atoms with E-state index in [1.165, 1.54) is 5.57 Å². The summed E-state index contributed by atoms with van der Waals surface area (Å²) >= 11 is 0. The van der Waals surface area contributed by atoms with Crippen molar-refractivity contribution in [2.24, 2.45) is 5.92 Å². The smallest absolute Gasteiger partial charge is 0.314 e. The van der Waals surface area contributed by atoms with Crippen molar-refractivity contribution < 1.29 is 19.7 Å². The second-order valence-corrected chi connectivity index (χ2v) is 7.56. The zero-order valence-corrected chi connectivity index (χ0v) is 16.0. The predicted molar refractivity (Wildman–Crippen MR) is 105 cm³/mol. The number of carbonyl (C=O) groups excluding carboxylic acids is 1. The van der Waals surface area contributed by atoms with Crippen LogP contribution in [0.1, 0.15) is 43.4 Å². The van der Waals surface area contributed by atoms with Gasteiger partial charge in [-0.1, -0.05) is 42.8 Å². The summed E-state index contributed by atoms with van der Waals surface area (Å²) in [5.74, 6) is -0.198. The number of phenolic OH excluding ortho intramolecular Hbond substituents is 2. The fraction of sp³-hybridized carbons (Fsp3) is 0.348. The number of cyclic esters (lactones) is 1. The zero-order valence-electron chi connectivity index (χ0n) is 16.0. The highest BCUT2D eigenvalue weighted by atomic mass is 16.6. The average molecular weight is 366 g/mol. The van der Waals surface area contributed by atoms with Crippen molar-refractivity contribution in [2.45, 2.75) is 45.6 Å². The first kappa shape index (κ1) is 19.0. The van der Waals surface area contributed by atoms with Crippen LogP contribution in [0.15, 0.2) is 54.1 Å². The van der Waals surface area contributed by atoms with Gasteiger partial charge in [-0.25, -0.2) is 0 Å². The van der Waals surface area contributed by atoms with E-state index < -0.39 is 0 Å². The molecule has 27 heavy (non-hydrogen) atoms. The second-order valence-electron chi connectivity index (χ2n) is 7.56. The Balaban J connectivity index is 1.76. The summed E-state index contributed by atoms with van der Waals surface area (Å²) < 4.78 is 5.63. The third kappa shape index (κ3) is 4.33. The molecule has 1 aliphatic rings. The molecule has 0 amide bonds. The molecule has 2 N–H and O–H groups in total. The van der Waals surface area contributed by atoms with Crippen LogP contribution in [0.4, 0.5) is 0 Å². The normalized spacial score (nSPS) is 21.7. The Bertz CT molecular complexity index is 847. The molecule has 4 nitrogen and oxygen atoms in total. The molecule has 1 aliphatic heterocycles. The Morgan fingerprint density at radius 2 is 1.81 bits per heavy atom. The van der Waals surface area contributed by atoms with Crippen LogP contribution >= 0.6 is 0 Å². The SMILES string of the molecule is CC(C)=CCc1ccc([C@H]2C(=O)O[C@@H](Cc3ccc(O)cc3)[C@H]2C)cc1O. The largest absolute Gasteiger partial charge is 0.508 e. The van der Waals surface area contributed by atoms with Gasteiger partial charge in [-0.15, -0.1) is 0 Å². The molecule has 2 aromatic rings. The molecule has 0 bridgehead atoms. The van der Waals surface area contributed by atoms with Crippen molar-refractivity contribution in [3.8, 4) is 11.5 Å². The molecular formula is C23H26O4. The third-order valence-corrected chi connectivity index (χ3v) is 5.21. The number of aromatic hydroxyl groups is 2. The van der Waals surface area contributed by atoms with Gasteiger partial charge in [-0.2, -0.15) is 0 Å². The number of carbonyl (C=O) groups is 1. The van der Waals surface area contributed by atoms with Crippen molar-refractivity contribution in [3.63, 3.8) is 0 Å². The highest BCUT2D eigenvalue weighted by molar-refractivity contribution is 5.81. The molecule has 3 rings (SSSR count). The van der Waals surface area contributed by atoms with Crippen LogP contribution in [0.2, 0.25) is 0 Å². The van der Waals surface area contributed by atoms with E-state index in [0.29, 0.717) is 12.8 Å². The summed E-state index contributed by atoms with van der Waals surface area (Å²) in [6.07, 6.45) is 3.12. The minimum atomic E-state index is -0.379. The topological polar surface area (TPSA) is 66.8 Å². The lowest BCUT2D eigenvalue weighted by molar-refractivity contribution is -0.142. The summed E-state index contributed by atoms with van der Waals surface area (Å²) in [7, 11) is 0. The van der Waals surface area contributed by atoms with E-state index in [2.05, 4.69) is 6.08 Å². The zero-order chi connectivity index (χ0) is 19.6. The lowest BCUT2D eigenvalue weighted by Crippen LogP contribution is -2.19. The first-order chi connectivity index (χ1) is 12.8. The number of hydrogen-bond donors (Lipinski definition) is 2. The van der Waals surface area contributed by atoms with E-state index in [-0.39, 0.29) is 35.4 Å². The summed E-state index contributed by atoms with van der Waals surface area (Å²) in [6.45, 7) is 6.06. The highest BCUT2D eigenvalue weighted by Crippen LogP contribution is 2.39. The van der Waals surface area contributed by atoms with Gasteiger partial charge in [-0.3, -0.25) is 4.79 Å². The van der Waals surface area contributed by atoms with Crippen LogP contribution in [0, 0.1) is 5.92 Å². The van der Waals surface area contributed by atoms with Crippen LogP contribution in [0.25, 0.3) is 0 Å². The van der Waals surface area contributed by atoms with E-state index in [1.54, 1.807) is 18.2 Å². The third-order valence-electron chi connectivity index (χ3n) is 5.21. The van der Waals surface area contributed by atoms with E-state index in [0.717, 1.165) is 16.7 Å². The van der Waals surface area contributed by atoms with Crippen LogP contribution < -0.4 is 0 Å². The van der Waals surface area contributed by atoms with Crippen molar-refractivity contribution in [1.29, 1.82) is 0 Å². The van der Waals surface area contributed by atoms with Gasteiger partial charge in [0, 0.05) is 12.3 Å². The highest BCUT2D eigenvalue weighted by Gasteiger charge is 2.42. The number of hydrogen-bond acceptors (Lipinski definition) is 4. The first-order valence-corrected chi connectivity index (χ1v) is 9.28. The molecule has 3 atom stereocenters. The molecule has 0 aliphatic carbocycles. The number of allylic oxidation sites excluding steroid dienone is 2. The van der Waals surface area contributed by atoms with Gasteiger partial charge >= 0.3 is 5.97 Å². The summed E-state index contributed by atoms with van der Waals surface area (Å²) in [5, 5.41) is 19.8. The number of ether oxygens (including phenoxy) is 1. The van der Waals surface area contributed by atoms with Gasteiger partial charge in [0.05, 0.1) is 5.92 Å². The number of esters is 1. The maximum atomic E-state index is 12.5. The molecule has 4 heteroatoms. The maximum Gasteiger partial charge on any atom is 0.314 e. The van der Waals surface area contributed by atoms with Gasteiger partial charge in [-0.05, 0) is 55.2 Å².